The number of hydrogen-bond acceptors (Lipinski definition) is 3. The van der Waals surface area contributed by atoms with Crippen LogP contribution < -0.4 is 0 Å². The summed E-state index contributed by atoms with van der Waals surface area (Å²) in [4.78, 5) is 15.4. The molecule has 1 atom stereocenters. The molecular formula is C16H11Cl2NO3. The van der Waals surface area contributed by atoms with Crippen molar-refractivity contribution in [3.05, 3.63) is 52.0 Å². The zero-order valence-corrected chi connectivity index (χ0v) is 13.0. The van der Waals surface area contributed by atoms with Crippen LogP contribution in [0.2, 0.25) is 10.0 Å². The molecule has 0 bridgehead atoms. The van der Waals surface area contributed by atoms with Crippen molar-refractivity contribution in [1.29, 1.82) is 0 Å². The summed E-state index contributed by atoms with van der Waals surface area (Å²) in [6, 6.07) is 10.2. The van der Waals surface area contributed by atoms with Gasteiger partial charge in [-0.05, 0) is 42.8 Å². The minimum Gasteiger partial charge on any atom is -0.481 e. The van der Waals surface area contributed by atoms with E-state index in [0.717, 1.165) is 0 Å². The van der Waals surface area contributed by atoms with Crippen LogP contribution >= 0.6 is 23.2 Å². The van der Waals surface area contributed by atoms with E-state index in [4.69, 9.17) is 32.7 Å². The average molecular weight is 336 g/mol. The van der Waals surface area contributed by atoms with Crippen LogP contribution in [0.15, 0.2) is 40.8 Å². The van der Waals surface area contributed by atoms with Crippen molar-refractivity contribution in [1.82, 2.24) is 4.98 Å². The molecule has 6 heteroatoms. The smallest absolute Gasteiger partial charge is 0.310 e. The zero-order chi connectivity index (χ0) is 15.9. The van der Waals surface area contributed by atoms with Crippen molar-refractivity contribution in [2.45, 2.75) is 12.8 Å². The third-order valence-corrected chi connectivity index (χ3v) is 3.99. The Kier molecular flexibility index (Phi) is 3.81. The number of rotatable bonds is 3. The van der Waals surface area contributed by atoms with Crippen molar-refractivity contribution in [3.63, 3.8) is 0 Å². The molecular weight excluding hydrogens is 325 g/mol. The van der Waals surface area contributed by atoms with Crippen LogP contribution in [0.5, 0.6) is 0 Å². The highest BCUT2D eigenvalue weighted by atomic mass is 35.5. The summed E-state index contributed by atoms with van der Waals surface area (Å²) in [6.07, 6.45) is 0. The van der Waals surface area contributed by atoms with Gasteiger partial charge in [0.05, 0.1) is 16.5 Å². The van der Waals surface area contributed by atoms with Gasteiger partial charge in [-0.15, -0.1) is 0 Å². The molecule has 0 saturated carbocycles. The van der Waals surface area contributed by atoms with E-state index in [1.54, 1.807) is 43.3 Å². The molecule has 3 aromatic rings. The fourth-order valence-corrected chi connectivity index (χ4v) is 2.62. The van der Waals surface area contributed by atoms with Gasteiger partial charge in [0.2, 0.25) is 5.89 Å². The third kappa shape index (κ3) is 2.67. The first kappa shape index (κ1) is 14.9. The van der Waals surface area contributed by atoms with E-state index < -0.39 is 11.9 Å². The summed E-state index contributed by atoms with van der Waals surface area (Å²) in [5.74, 6) is -1.13. The molecule has 0 aliphatic heterocycles. The Morgan fingerprint density at radius 3 is 2.68 bits per heavy atom. The van der Waals surface area contributed by atoms with Gasteiger partial charge in [-0.1, -0.05) is 29.3 Å². The number of carboxylic acid groups (broad SMARTS) is 1. The topological polar surface area (TPSA) is 63.3 Å². The summed E-state index contributed by atoms with van der Waals surface area (Å²) in [5, 5.41) is 10.0. The number of nitrogens with zero attached hydrogens (tertiary/aromatic N) is 1. The first-order valence-corrected chi connectivity index (χ1v) is 7.30. The Morgan fingerprint density at radius 1 is 1.23 bits per heavy atom. The first-order chi connectivity index (χ1) is 10.5. The van der Waals surface area contributed by atoms with Crippen molar-refractivity contribution in [2.75, 3.05) is 0 Å². The molecule has 0 radical (unpaired) electrons. The third-order valence-electron chi connectivity index (χ3n) is 3.44. The highest BCUT2D eigenvalue weighted by Gasteiger charge is 2.17. The fourth-order valence-electron chi connectivity index (χ4n) is 2.13. The maximum atomic E-state index is 11.1. The predicted molar refractivity (Wildman–Crippen MR) is 85.5 cm³/mol. The van der Waals surface area contributed by atoms with Crippen LogP contribution in [0.3, 0.4) is 0 Å². The van der Waals surface area contributed by atoms with Gasteiger partial charge in [0.1, 0.15) is 5.52 Å². The minimum absolute atomic E-state index is 0.372. The molecule has 112 valence electrons. The average Bonchev–Trinajstić information content (AvgIpc) is 2.88. The second-order valence-electron chi connectivity index (χ2n) is 4.93. The number of aliphatic carboxylic acids is 1. The molecule has 1 aromatic heterocycles. The Morgan fingerprint density at radius 2 is 2.00 bits per heavy atom. The number of oxazole rings is 1. The largest absolute Gasteiger partial charge is 0.481 e. The molecule has 4 nitrogen and oxygen atoms in total. The van der Waals surface area contributed by atoms with Crippen LogP contribution in [0.1, 0.15) is 18.4 Å². The van der Waals surface area contributed by atoms with E-state index in [9.17, 15) is 4.79 Å². The maximum absolute atomic E-state index is 11.1. The highest BCUT2D eigenvalue weighted by molar-refractivity contribution is 6.36. The maximum Gasteiger partial charge on any atom is 0.310 e. The van der Waals surface area contributed by atoms with Gasteiger partial charge < -0.3 is 9.52 Å². The molecule has 0 aliphatic carbocycles. The molecule has 0 unspecified atom stereocenters. The van der Waals surface area contributed by atoms with Crippen molar-refractivity contribution >= 4 is 40.3 Å². The summed E-state index contributed by atoms with van der Waals surface area (Å²) in [5.41, 5.74) is 2.45. The SMILES string of the molecule is C[C@@H](C(=O)O)c1ccc2nc(-c3ccc(Cl)cc3Cl)oc2c1. The number of carboxylic acids is 1. The van der Waals surface area contributed by atoms with E-state index in [2.05, 4.69) is 4.98 Å². The molecule has 0 amide bonds. The number of halogens is 2. The van der Waals surface area contributed by atoms with Crippen molar-refractivity contribution in [2.24, 2.45) is 0 Å². The second-order valence-corrected chi connectivity index (χ2v) is 5.77. The van der Waals surface area contributed by atoms with Crippen molar-refractivity contribution < 1.29 is 14.3 Å². The molecule has 0 saturated heterocycles. The van der Waals surface area contributed by atoms with E-state index in [0.29, 0.717) is 38.2 Å². The lowest BCUT2D eigenvalue weighted by molar-refractivity contribution is -0.138. The Balaban J connectivity index is 2.08. The van der Waals surface area contributed by atoms with Gasteiger partial charge in [-0.2, -0.15) is 0 Å². The zero-order valence-electron chi connectivity index (χ0n) is 11.5. The standard InChI is InChI=1S/C16H11Cl2NO3/c1-8(16(20)21)9-2-5-13-14(6-9)22-15(19-13)11-4-3-10(17)7-12(11)18/h2-8H,1H3,(H,20,21)/t8-/m1/s1. The molecule has 0 fully saturated rings. The fraction of sp³-hybridized carbons (Fsp3) is 0.125. The Bertz CT molecular complexity index is 873. The summed E-state index contributed by atoms with van der Waals surface area (Å²) in [7, 11) is 0. The summed E-state index contributed by atoms with van der Waals surface area (Å²) in [6.45, 7) is 1.62. The van der Waals surface area contributed by atoms with E-state index in [1.165, 1.54) is 0 Å². The normalized spacial score (nSPS) is 12.5. The number of carbonyl (C=O) groups is 1. The van der Waals surface area contributed by atoms with Crippen LogP contribution in [-0.4, -0.2) is 16.1 Å². The van der Waals surface area contributed by atoms with E-state index in [1.807, 2.05) is 0 Å². The molecule has 2 aromatic carbocycles. The second kappa shape index (κ2) is 5.63. The Labute approximate surface area is 136 Å². The van der Waals surface area contributed by atoms with E-state index >= 15 is 0 Å². The molecule has 0 spiro atoms. The predicted octanol–water partition coefficient (Wildman–Crippen LogP) is 4.99. The molecule has 22 heavy (non-hydrogen) atoms. The summed E-state index contributed by atoms with van der Waals surface area (Å²) >= 11 is 12.0. The van der Waals surface area contributed by atoms with Crippen LogP contribution in [-0.2, 0) is 4.79 Å². The molecule has 3 rings (SSSR count). The highest BCUT2D eigenvalue weighted by Crippen LogP contribution is 2.32. The lowest BCUT2D eigenvalue weighted by Crippen LogP contribution is -2.06. The number of fused-ring (bicyclic) bond motifs is 1. The van der Waals surface area contributed by atoms with Crippen molar-refractivity contribution in [3.8, 4) is 11.5 Å². The molecule has 1 heterocycles. The van der Waals surface area contributed by atoms with Gasteiger partial charge in [0.25, 0.3) is 0 Å². The Hall–Kier alpha value is -2.04. The van der Waals surface area contributed by atoms with Gasteiger partial charge in [0, 0.05) is 5.02 Å². The number of aromatic nitrogens is 1. The van der Waals surface area contributed by atoms with Crippen LogP contribution in [0.4, 0.5) is 0 Å². The molecule has 0 aliphatic rings. The van der Waals surface area contributed by atoms with Gasteiger partial charge >= 0.3 is 5.97 Å². The van der Waals surface area contributed by atoms with Gasteiger partial charge in [-0.25, -0.2) is 4.98 Å². The van der Waals surface area contributed by atoms with Gasteiger partial charge in [-0.3, -0.25) is 4.79 Å². The lowest BCUT2D eigenvalue weighted by Gasteiger charge is -2.04. The van der Waals surface area contributed by atoms with E-state index in [-0.39, 0.29) is 0 Å². The number of hydrogen-bond donors (Lipinski definition) is 1. The lowest BCUT2D eigenvalue weighted by atomic mass is 10.0. The van der Waals surface area contributed by atoms with Gasteiger partial charge in [0.15, 0.2) is 5.58 Å². The monoisotopic (exact) mass is 335 g/mol. The summed E-state index contributed by atoms with van der Waals surface area (Å²) < 4.78 is 5.71. The number of benzene rings is 2. The van der Waals surface area contributed by atoms with Crippen LogP contribution in [0, 0.1) is 0 Å². The van der Waals surface area contributed by atoms with Crippen LogP contribution in [0.25, 0.3) is 22.6 Å². The first-order valence-electron chi connectivity index (χ1n) is 6.54. The minimum atomic E-state index is -0.889. The molecule has 1 N–H and O–H groups in total. The quantitative estimate of drug-likeness (QED) is 0.732.